The molecule has 2 aromatic rings. The number of nitrogens with zero attached hydrogens (tertiary/aromatic N) is 1. The maximum absolute atomic E-state index is 11.1. The van der Waals surface area contributed by atoms with Crippen molar-refractivity contribution in [1.29, 1.82) is 0 Å². The fourth-order valence-electron chi connectivity index (χ4n) is 2.08. The van der Waals surface area contributed by atoms with Gasteiger partial charge in [0.2, 0.25) is 0 Å². The molecule has 1 atom stereocenters. The summed E-state index contributed by atoms with van der Waals surface area (Å²) in [5.74, 6) is 0. The van der Waals surface area contributed by atoms with Crippen molar-refractivity contribution in [1.82, 2.24) is 0 Å². The van der Waals surface area contributed by atoms with Gasteiger partial charge in [-0.2, -0.15) is 0 Å². The van der Waals surface area contributed by atoms with Gasteiger partial charge in [-0.15, -0.1) is 0 Å². The molecule has 0 radical (unpaired) electrons. The number of benzene rings is 2. The minimum absolute atomic E-state index is 0.165. The maximum atomic E-state index is 11.1. The third kappa shape index (κ3) is 2.96. The summed E-state index contributed by atoms with van der Waals surface area (Å²) in [6, 6.07) is 15.5. The van der Waals surface area contributed by atoms with Crippen LogP contribution in [0.1, 0.15) is 28.9 Å². The molecular formula is C16H16ClNO. The summed E-state index contributed by atoms with van der Waals surface area (Å²) in [5, 5.41) is 0.729. The van der Waals surface area contributed by atoms with Crippen molar-refractivity contribution in [2.24, 2.45) is 0 Å². The highest BCUT2D eigenvalue weighted by atomic mass is 35.5. The van der Waals surface area contributed by atoms with E-state index in [0.29, 0.717) is 5.56 Å². The van der Waals surface area contributed by atoms with Gasteiger partial charge < -0.3 is 4.90 Å². The van der Waals surface area contributed by atoms with E-state index < -0.39 is 0 Å². The van der Waals surface area contributed by atoms with Crippen molar-refractivity contribution >= 4 is 23.6 Å². The summed E-state index contributed by atoms with van der Waals surface area (Å²) in [7, 11) is 1.99. The zero-order chi connectivity index (χ0) is 13.8. The first kappa shape index (κ1) is 13.6. The van der Waals surface area contributed by atoms with Gasteiger partial charge in [-0.05, 0) is 36.8 Å². The second-order valence-corrected chi connectivity index (χ2v) is 4.95. The number of hydrogen-bond acceptors (Lipinski definition) is 2. The van der Waals surface area contributed by atoms with E-state index in [1.54, 1.807) is 0 Å². The Hall–Kier alpha value is -1.80. The lowest BCUT2D eigenvalue weighted by molar-refractivity contribution is 0.112. The van der Waals surface area contributed by atoms with E-state index in [-0.39, 0.29) is 6.04 Å². The van der Waals surface area contributed by atoms with Crippen molar-refractivity contribution in [3.8, 4) is 0 Å². The smallest absolute Gasteiger partial charge is 0.152 e. The summed E-state index contributed by atoms with van der Waals surface area (Å²) in [4.78, 5) is 13.2. The minimum Gasteiger partial charge on any atom is -0.367 e. The van der Waals surface area contributed by atoms with Crippen LogP contribution in [0, 0.1) is 0 Å². The molecule has 1 unspecified atom stereocenters. The average molecular weight is 274 g/mol. The van der Waals surface area contributed by atoms with Crippen LogP contribution < -0.4 is 4.90 Å². The predicted molar refractivity (Wildman–Crippen MR) is 80.1 cm³/mol. The molecule has 0 spiro atoms. The molecule has 98 valence electrons. The van der Waals surface area contributed by atoms with Gasteiger partial charge in [0.05, 0.1) is 6.04 Å². The molecule has 2 rings (SSSR count). The van der Waals surface area contributed by atoms with Crippen molar-refractivity contribution < 1.29 is 4.79 Å². The van der Waals surface area contributed by atoms with E-state index in [2.05, 4.69) is 11.8 Å². The van der Waals surface area contributed by atoms with Gasteiger partial charge in [-0.3, -0.25) is 4.79 Å². The molecule has 0 bridgehead atoms. The second-order valence-electron chi connectivity index (χ2n) is 4.52. The van der Waals surface area contributed by atoms with Gasteiger partial charge in [-0.25, -0.2) is 0 Å². The van der Waals surface area contributed by atoms with Crippen LogP contribution in [-0.4, -0.2) is 13.3 Å². The van der Waals surface area contributed by atoms with Gasteiger partial charge in [0.15, 0.2) is 6.29 Å². The van der Waals surface area contributed by atoms with Crippen LogP contribution in [0.25, 0.3) is 0 Å². The minimum atomic E-state index is 0.165. The van der Waals surface area contributed by atoms with Crippen LogP contribution in [0.15, 0.2) is 48.5 Å². The highest BCUT2D eigenvalue weighted by Crippen LogP contribution is 2.27. The Bertz CT molecular complexity index is 565. The molecule has 0 aliphatic rings. The van der Waals surface area contributed by atoms with E-state index >= 15 is 0 Å². The van der Waals surface area contributed by atoms with Crippen LogP contribution in [-0.2, 0) is 0 Å². The molecule has 0 N–H and O–H groups in total. The molecule has 19 heavy (non-hydrogen) atoms. The molecule has 0 fully saturated rings. The Balaban J connectivity index is 2.30. The van der Waals surface area contributed by atoms with E-state index in [4.69, 9.17) is 11.6 Å². The third-order valence-electron chi connectivity index (χ3n) is 3.38. The molecule has 0 heterocycles. The number of rotatable bonds is 4. The summed E-state index contributed by atoms with van der Waals surface area (Å²) in [6.07, 6.45) is 0.889. The quantitative estimate of drug-likeness (QED) is 0.772. The standard InChI is InChI=1S/C16H16ClNO/c1-12(13-7-9-15(17)10-8-13)18(2)16-6-4-3-5-14(16)11-19/h3-12H,1-2H3. The molecule has 0 aliphatic carbocycles. The first-order valence-electron chi connectivity index (χ1n) is 6.16. The molecule has 0 amide bonds. The van der Waals surface area contributed by atoms with E-state index in [0.717, 1.165) is 22.6 Å². The topological polar surface area (TPSA) is 20.3 Å². The average Bonchev–Trinajstić information content (AvgIpc) is 2.46. The monoisotopic (exact) mass is 273 g/mol. The number of para-hydroxylation sites is 1. The van der Waals surface area contributed by atoms with Crippen molar-refractivity contribution in [2.75, 3.05) is 11.9 Å². The Morgan fingerprint density at radius 1 is 1.11 bits per heavy atom. The van der Waals surface area contributed by atoms with E-state index in [1.807, 2.05) is 55.6 Å². The first-order chi connectivity index (χ1) is 9.13. The fourth-order valence-corrected chi connectivity index (χ4v) is 2.21. The molecular weight excluding hydrogens is 258 g/mol. The van der Waals surface area contributed by atoms with E-state index in [1.165, 1.54) is 0 Å². The zero-order valence-electron chi connectivity index (χ0n) is 11.0. The van der Waals surface area contributed by atoms with Crippen molar-refractivity contribution in [3.05, 3.63) is 64.7 Å². The number of halogens is 1. The summed E-state index contributed by atoms with van der Waals surface area (Å²) >= 11 is 5.90. The molecule has 3 heteroatoms. The largest absolute Gasteiger partial charge is 0.367 e. The lowest BCUT2D eigenvalue weighted by Crippen LogP contribution is -2.22. The lowest BCUT2D eigenvalue weighted by atomic mass is 10.1. The normalized spacial score (nSPS) is 11.9. The van der Waals surface area contributed by atoms with Crippen LogP contribution in [0.3, 0.4) is 0 Å². The third-order valence-corrected chi connectivity index (χ3v) is 3.63. The fraction of sp³-hybridized carbons (Fsp3) is 0.188. The van der Waals surface area contributed by atoms with Gasteiger partial charge in [0.25, 0.3) is 0 Å². The Kier molecular flexibility index (Phi) is 4.23. The van der Waals surface area contributed by atoms with Crippen LogP contribution in [0.4, 0.5) is 5.69 Å². The number of carbonyl (C=O) groups is 1. The number of carbonyl (C=O) groups excluding carboxylic acids is 1. The summed E-state index contributed by atoms with van der Waals surface area (Å²) in [6.45, 7) is 2.10. The zero-order valence-corrected chi connectivity index (χ0v) is 11.8. The van der Waals surface area contributed by atoms with Crippen LogP contribution >= 0.6 is 11.6 Å². The number of aldehydes is 1. The molecule has 2 nitrogen and oxygen atoms in total. The summed E-state index contributed by atoms with van der Waals surface area (Å²) < 4.78 is 0. The SMILES string of the molecule is CC(c1ccc(Cl)cc1)N(C)c1ccccc1C=O. The summed E-state index contributed by atoms with van der Waals surface area (Å²) in [5.41, 5.74) is 2.79. The molecule has 0 saturated heterocycles. The molecule has 2 aromatic carbocycles. The Labute approximate surface area is 118 Å². The number of anilines is 1. The maximum Gasteiger partial charge on any atom is 0.152 e. The van der Waals surface area contributed by atoms with Gasteiger partial charge >= 0.3 is 0 Å². The Morgan fingerprint density at radius 2 is 1.74 bits per heavy atom. The number of hydrogen-bond donors (Lipinski definition) is 0. The molecule has 0 aliphatic heterocycles. The van der Waals surface area contributed by atoms with Gasteiger partial charge in [0, 0.05) is 23.3 Å². The van der Waals surface area contributed by atoms with Crippen molar-refractivity contribution in [3.63, 3.8) is 0 Å². The van der Waals surface area contributed by atoms with Crippen LogP contribution in [0.2, 0.25) is 5.02 Å². The van der Waals surface area contributed by atoms with Crippen LogP contribution in [0.5, 0.6) is 0 Å². The van der Waals surface area contributed by atoms with Crippen molar-refractivity contribution in [2.45, 2.75) is 13.0 Å². The highest BCUT2D eigenvalue weighted by molar-refractivity contribution is 6.30. The van der Waals surface area contributed by atoms with Gasteiger partial charge in [0.1, 0.15) is 0 Å². The van der Waals surface area contributed by atoms with E-state index in [9.17, 15) is 4.79 Å². The van der Waals surface area contributed by atoms with Gasteiger partial charge in [-0.1, -0.05) is 35.9 Å². The molecule has 0 saturated carbocycles. The lowest BCUT2D eigenvalue weighted by Gasteiger charge is -2.28. The first-order valence-corrected chi connectivity index (χ1v) is 6.54. The predicted octanol–water partition coefficient (Wildman–Crippen LogP) is 4.35. The highest BCUT2D eigenvalue weighted by Gasteiger charge is 2.14. The Morgan fingerprint density at radius 3 is 2.37 bits per heavy atom. The second kappa shape index (κ2) is 5.89. The molecule has 0 aromatic heterocycles.